The fraction of sp³-hybridized carbons (Fsp3) is 0.571. The highest BCUT2D eigenvalue weighted by Crippen LogP contribution is 2.48. The van der Waals surface area contributed by atoms with Gasteiger partial charge >= 0.3 is 0 Å². The van der Waals surface area contributed by atoms with Gasteiger partial charge in [-0.2, -0.15) is 0 Å². The van der Waals surface area contributed by atoms with Gasteiger partial charge in [-0.3, -0.25) is 0 Å². The largest absolute Gasteiger partial charge is 0.316 e. The summed E-state index contributed by atoms with van der Waals surface area (Å²) in [5, 5.41) is 3.46. The molecule has 0 heterocycles. The van der Waals surface area contributed by atoms with Crippen molar-refractivity contribution in [3.05, 3.63) is 35.6 Å². The van der Waals surface area contributed by atoms with Crippen LogP contribution in [0.1, 0.15) is 31.7 Å². The lowest BCUT2D eigenvalue weighted by molar-refractivity contribution is 0.446. The number of halogens is 1. The van der Waals surface area contributed by atoms with Gasteiger partial charge in [0.05, 0.1) is 0 Å². The van der Waals surface area contributed by atoms with Gasteiger partial charge in [-0.1, -0.05) is 25.1 Å². The van der Waals surface area contributed by atoms with Crippen molar-refractivity contribution in [1.29, 1.82) is 0 Å². The lowest BCUT2D eigenvalue weighted by Gasteiger charge is -2.16. The monoisotopic (exact) mass is 221 g/mol. The van der Waals surface area contributed by atoms with E-state index >= 15 is 0 Å². The first kappa shape index (κ1) is 11.6. The van der Waals surface area contributed by atoms with Crippen LogP contribution in [-0.2, 0) is 6.42 Å². The van der Waals surface area contributed by atoms with Crippen molar-refractivity contribution in [3.63, 3.8) is 0 Å². The van der Waals surface area contributed by atoms with Crippen molar-refractivity contribution in [1.82, 2.24) is 5.32 Å². The Morgan fingerprint density at radius 3 is 2.69 bits per heavy atom. The molecule has 0 bridgehead atoms. The van der Waals surface area contributed by atoms with Crippen LogP contribution in [0.2, 0.25) is 0 Å². The van der Waals surface area contributed by atoms with E-state index in [0.717, 1.165) is 31.5 Å². The normalized spacial score (nSPS) is 17.4. The maximum Gasteiger partial charge on any atom is 0.126 e. The molecule has 0 atom stereocenters. The van der Waals surface area contributed by atoms with Crippen LogP contribution in [0, 0.1) is 11.2 Å². The molecule has 2 heteroatoms. The van der Waals surface area contributed by atoms with Gasteiger partial charge in [0, 0.05) is 6.54 Å². The highest BCUT2D eigenvalue weighted by molar-refractivity contribution is 5.21. The Labute approximate surface area is 97.1 Å². The summed E-state index contributed by atoms with van der Waals surface area (Å²) >= 11 is 0. The van der Waals surface area contributed by atoms with E-state index in [4.69, 9.17) is 0 Å². The standard InChI is InChI=1S/C14H20FN/c1-2-9-16-11-14(7-8-14)10-12-5-3-4-6-13(12)15/h3-6,16H,2,7-11H2,1H3. The van der Waals surface area contributed by atoms with Gasteiger partial charge in [-0.25, -0.2) is 4.39 Å². The van der Waals surface area contributed by atoms with Crippen LogP contribution in [0.3, 0.4) is 0 Å². The van der Waals surface area contributed by atoms with E-state index in [1.165, 1.54) is 12.8 Å². The molecule has 0 amide bonds. The summed E-state index contributed by atoms with van der Waals surface area (Å²) < 4.78 is 13.5. The Morgan fingerprint density at radius 1 is 1.31 bits per heavy atom. The number of nitrogens with one attached hydrogen (secondary N) is 1. The summed E-state index contributed by atoms with van der Waals surface area (Å²) in [7, 11) is 0. The van der Waals surface area contributed by atoms with Gasteiger partial charge in [-0.15, -0.1) is 0 Å². The molecule has 0 aromatic heterocycles. The Bertz CT molecular complexity index is 344. The predicted octanol–water partition coefficient (Wildman–Crippen LogP) is 3.15. The first-order valence-electron chi connectivity index (χ1n) is 6.20. The Morgan fingerprint density at radius 2 is 2.06 bits per heavy atom. The molecule has 0 unspecified atom stereocenters. The summed E-state index contributed by atoms with van der Waals surface area (Å²) in [4.78, 5) is 0. The molecule has 0 spiro atoms. The van der Waals surface area contributed by atoms with E-state index < -0.39 is 0 Å². The number of hydrogen-bond acceptors (Lipinski definition) is 1. The quantitative estimate of drug-likeness (QED) is 0.728. The van der Waals surface area contributed by atoms with Crippen LogP contribution >= 0.6 is 0 Å². The van der Waals surface area contributed by atoms with E-state index in [-0.39, 0.29) is 5.82 Å². The summed E-state index contributed by atoms with van der Waals surface area (Å²) in [6, 6.07) is 7.15. The Balaban J connectivity index is 1.91. The second-order valence-electron chi connectivity index (χ2n) is 4.94. The zero-order valence-corrected chi connectivity index (χ0v) is 9.93. The van der Waals surface area contributed by atoms with E-state index in [0.29, 0.717) is 5.41 Å². The molecular weight excluding hydrogens is 201 g/mol. The van der Waals surface area contributed by atoms with Crippen LogP contribution in [0.4, 0.5) is 4.39 Å². The lowest BCUT2D eigenvalue weighted by atomic mass is 9.96. The average molecular weight is 221 g/mol. The molecule has 1 aliphatic carbocycles. The second kappa shape index (κ2) is 4.96. The van der Waals surface area contributed by atoms with Crippen LogP contribution in [0.25, 0.3) is 0 Å². The molecule has 1 N–H and O–H groups in total. The minimum atomic E-state index is -0.0516. The molecule has 2 rings (SSSR count). The average Bonchev–Trinajstić information content (AvgIpc) is 3.03. The Hall–Kier alpha value is -0.890. The third-order valence-electron chi connectivity index (χ3n) is 3.41. The van der Waals surface area contributed by atoms with E-state index in [1.807, 2.05) is 12.1 Å². The third-order valence-corrected chi connectivity index (χ3v) is 3.41. The summed E-state index contributed by atoms with van der Waals surface area (Å²) in [6.45, 7) is 4.28. The SMILES string of the molecule is CCCNCC1(Cc2ccccc2F)CC1. The molecule has 16 heavy (non-hydrogen) atoms. The maximum absolute atomic E-state index is 13.5. The molecule has 0 aliphatic heterocycles. The smallest absolute Gasteiger partial charge is 0.126 e. The predicted molar refractivity (Wildman–Crippen MR) is 64.9 cm³/mol. The molecular formula is C14H20FN. The number of rotatable bonds is 6. The van der Waals surface area contributed by atoms with E-state index in [2.05, 4.69) is 12.2 Å². The minimum Gasteiger partial charge on any atom is -0.316 e. The van der Waals surface area contributed by atoms with E-state index in [9.17, 15) is 4.39 Å². The zero-order valence-electron chi connectivity index (χ0n) is 9.93. The van der Waals surface area contributed by atoms with Crippen LogP contribution in [0.5, 0.6) is 0 Å². The van der Waals surface area contributed by atoms with Crippen LogP contribution in [0.15, 0.2) is 24.3 Å². The highest BCUT2D eigenvalue weighted by Gasteiger charge is 2.42. The van der Waals surface area contributed by atoms with Gasteiger partial charge in [0.1, 0.15) is 5.82 Å². The fourth-order valence-electron chi connectivity index (χ4n) is 2.17. The summed E-state index contributed by atoms with van der Waals surface area (Å²) in [6.07, 6.45) is 4.52. The molecule has 88 valence electrons. The van der Waals surface area contributed by atoms with Crippen molar-refractivity contribution in [2.24, 2.45) is 5.41 Å². The minimum absolute atomic E-state index is 0.0516. The van der Waals surface area contributed by atoms with Crippen LogP contribution < -0.4 is 5.32 Å². The maximum atomic E-state index is 13.5. The molecule has 0 saturated heterocycles. The first-order chi connectivity index (χ1) is 7.76. The van der Waals surface area contributed by atoms with Gasteiger partial charge < -0.3 is 5.32 Å². The van der Waals surface area contributed by atoms with Crippen molar-refractivity contribution in [2.75, 3.05) is 13.1 Å². The number of hydrogen-bond donors (Lipinski definition) is 1. The molecule has 1 fully saturated rings. The number of benzene rings is 1. The van der Waals surface area contributed by atoms with Gasteiger partial charge in [0.2, 0.25) is 0 Å². The van der Waals surface area contributed by atoms with Crippen LogP contribution in [-0.4, -0.2) is 13.1 Å². The van der Waals surface area contributed by atoms with Crippen molar-refractivity contribution >= 4 is 0 Å². The topological polar surface area (TPSA) is 12.0 Å². The lowest BCUT2D eigenvalue weighted by Crippen LogP contribution is -2.26. The van der Waals surface area contributed by atoms with Gasteiger partial charge in [0.15, 0.2) is 0 Å². The molecule has 1 saturated carbocycles. The van der Waals surface area contributed by atoms with Crippen molar-refractivity contribution < 1.29 is 4.39 Å². The molecule has 1 aromatic carbocycles. The van der Waals surface area contributed by atoms with Gasteiger partial charge in [0.25, 0.3) is 0 Å². The molecule has 0 radical (unpaired) electrons. The second-order valence-corrected chi connectivity index (χ2v) is 4.94. The third kappa shape index (κ3) is 2.82. The molecule has 1 aliphatic rings. The summed E-state index contributed by atoms with van der Waals surface area (Å²) in [5.41, 5.74) is 1.22. The highest BCUT2D eigenvalue weighted by atomic mass is 19.1. The zero-order chi connectivity index (χ0) is 11.4. The fourth-order valence-corrected chi connectivity index (χ4v) is 2.17. The molecule has 1 nitrogen and oxygen atoms in total. The molecule has 1 aromatic rings. The van der Waals surface area contributed by atoms with Gasteiger partial charge in [-0.05, 0) is 49.3 Å². The summed E-state index contributed by atoms with van der Waals surface area (Å²) in [5.74, 6) is -0.0516. The van der Waals surface area contributed by atoms with Crippen molar-refractivity contribution in [3.8, 4) is 0 Å². The van der Waals surface area contributed by atoms with E-state index in [1.54, 1.807) is 12.1 Å². The van der Waals surface area contributed by atoms with Crippen molar-refractivity contribution in [2.45, 2.75) is 32.6 Å². The first-order valence-corrected chi connectivity index (χ1v) is 6.20. The Kier molecular flexibility index (Phi) is 3.59.